The third kappa shape index (κ3) is 5.15. The summed E-state index contributed by atoms with van der Waals surface area (Å²) < 4.78 is 80.4. The molecule has 4 rings (SSSR count). The normalized spacial score (nSPS) is 13.0. The van der Waals surface area contributed by atoms with Crippen molar-refractivity contribution < 1.29 is 31.1 Å². The van der Waals surface area contributed by atoms with E-state index < -0.39 is 41.0 Å². The summed E-state index contributed by atoms with van der Waals surface area (Å²) in [4.78, 5) is 20.5. The van der Waals surface area contributed by atoms with E-state index in [1.54, 1.807) is 0 Å². The molecule has 0 aliphatic rings. The first-order valence-electron chi connectivity index (χ1n) is 9.89. The fourth-order valence-electron chi connectivity index (χ4n) is 3.30. The lowest BCUT2D eigenvalue weighted by Crippen LogP contribution is -2.17. The Bertz CT molecular complexity index is 1340. The molecular weight excluding hydrogens is 480 g/mol. The number of hydrogen-bond acceptors (Lipinski definition) is 5. The summed E-state index contributed by atoms with van der Waals surface area (Å²) in [5, 5.41) is 13.0. The van der Waals surface area contributed by atoms with Gasteiger partial charge in [-0.25, -0.2) is 0 Å². The molecule has 2 N–H and O–H groups in total. The van der Waals surface area contributed by atoms with Crippen molar-refractivity contribution >= 4 is 11.6 Å². The van der Waals surface area contributed by atoms with Crippen LogP contribution in [0.15, 0.2) is 55.2 Å². The minimum Gasteiger partial charge on any atom is -0.318 e. The Morgan fingerprint density at radius 1 is 1.06 bits per heavy atom. The van der Waals surface area contributed by atoms with E-state index in [9.17, 15) is 31.1 Å². The number of carbonyl (C=O) groups excluding carboxylic acids is 1. The van der Waals surface area contributed by atoms with E-state index >= 15 is 0 Å². The number of aromatic amines is 1. The SMILES string of the molecule is C[C@H](c1ccc(C(F)(F)F)cc1C(F)(F)F)n1cc(NC(=O)c2cc(-c3cnccn3)[nH]n2)cn1. The number of hydrogen-bond donors (Lipinski definition) is 2. The molecule has 8 nitrogen and oxygen atoms in total. The van der Waals surface area contributed by atoms with Crippen LogP contribution in [0.25, 0.3) is 11.4 Å². The zero-order valence-corrected chi connectivity index (χ0v) is 17.7. The maximum Gasteiger partial charge on any atom is 0.416 e. The highest BCUT2D eigenvalue weighted by Crippen LogP contribution is 2.39. The Balaban J connectivity index is 1.54. The van der Waals surface area contributed by atoms with Crippen molar-refractivity contribution in [2.24, 2.45) is 0 Å². The van der Waals surface area contributed by atoms with Crippen molar-refractivity contribution in [1.29, 1.82) is 0 Å². The maximum atomic E-state index is 13.5. The number of anilines is 1. The van der Waals surface area contributed by atoms with Crippen LogP contribution < -0.4 is 5.32 Å². The zero-order valence-electron chi connectivity index (χ0n) is 17.7. The summed E-state index contributed by atoms with van der Waals surface area (Å²) in [6, 6.07) is 1.77. The zero-order chi connectivity index (χ0) is 25.4. The van der Waals surface area contributed by atoms with Crippen LogP contribution in [0.1, 0.15) is 40.1 Å². The molecule has 35 heavy (non-hydrogen) atoms. The standard InChI is InChI=1S/C21H15F6N7O/c1-11(14-3-2-12(20(22,23)24)6-15(14)21(25,26)27)34-10-13(8-30-34)31-19(35)17-7-16(32-33-17)18-9-28-4-5-29-18/h2-11H,1H3,(H,31,35)(H,32,33)/t11-/m1/s1. The predicted molar refractivity (Wildman–Crippen MR) is 110 cm³/mol. The Hall–Kier alpha value is -4.23. The number of aromatic nitrogens is 6. The van der Waals surface area contributed by atoms with Crippen LogP contribution in [-0.4, -0.2) is 35.9 Å². The molecule has 0 saturated heterocycles. The topological polar surface area (TPSA) is 101 Å². The van der Waals surface area contributed by atoms with Gasteiger partial charge in [0.25, 0.3) is 5.91 Å². The molecule has 0 fully saturated rings. The fraction of sp³-hybridized carbons (Fsp3) is 0.190. The number of nitrogens with zero attached hydrogens (tertiary/aromatic N) is 5. The van der Waals surface area contributed by atoms with E-state index in [-0.39, 0.29) is 17.4 Å². The molecule has 1 aromatic carbocycles. The van der Waals surface area contributed by atoms with Gasteiger partial charge in [0.05, 0.1) is 40.9 Å². The van der Waals surface area contributed by atoms with E-state index in [2.05, 4.69) is 30.6 Å². The molecule has 0 bridgehead atoms. The van der Waals surface area contributed by atoms with Gasteiger partial charge in [0, 0.05) is 18.6 Å². The third-order valence-electron chi connectivity index (χ3n) is 5.04. The summed E-state index contributed by atoms with van der Waals surface area (Å²) in [5.74, 6) is -0.630. The largest absolute Gasteiger partial charge is 0.416 e. The number of nitrogens with one attached hydrogen (secondary N) is 2. The van der Waals surface area contributed by atoms with E-state index in [0.29, 0.717) is 17.5 Å². The minimum atomic E-state index is -5.02. The fourth-order valence-corrected chi connectivity index (χ4v) is 3.30. The van der Waals surface area contributed by atoms with Gasteiger partial charge in [-0.05, 0) is 30.7 Å². The van der Waals surface area contributed by atoms with Gasteiger partial charge in [0.15, 0.2) is 5.69 Å². The summed E-state index contributed by atoms with van der Waals surface area (Å²) in [6.07, 6.45) is -3.07. The molecule has 182 valence electrons. The molecule has 14 heteroatoms. The second kappa shape index (κ2) is 8.85. The van der Waals surface area contributed by atoms with Crippen LogP contribution >= 0.6 is 0 Å². The van der Waals surface area contributed by atoms with Crippen LogP contribution in [0.4, 0.5) is 32.0 Å². The van der Waals surface area contributed by atoms with Gasteiger partial charge in [0.1, 0.15) is 5.69 Å². The summed E-state index contributed by atoms with van der Waals surface area (Å²) >= 11 is 0. The Labute approximate surface area is 193 Å². The molecule has 0 radical (unpaired) electrons. The highest BCUT2D eigenvalue weighted by atomic mass is 19.4. The van der Waals surface area contributed by atoms with Crippen LogP contribution in [0, 0.1) is 0 Å². The molecule has 3 heterocycles. The van der Waals surface area contributed by atoms with E-state index in [4.69, 9.17) is 0 Å². The maximum absolute atomic E-state index is 13.5. The van der Waals surface area contributed by atoms with Gasteiger partial charge < -0.3 is 5.32 Å². The number of alkyl halides is 6. The molecule has 0 aliphatic heterocycles. The van der Waals surface area contributed by atoms with Crippen LogP contribution in [0.2, 0.25) is 0 Å². The van der Waals surface area contributed by atoms with Gasteiger partial charge in [-0.3, -0.25) is 24.5 Å². The number of benzene rings is 1. The number of rotatable bonds is 5. The molecule has 1 amide bonds. The lowest BCUT2D eigenvalue weighted by molar-refractivity contribution is -0.143. The Kier molecular flexibility index (Phi) is 6.05. The average Bonchev–Trinajstić information content (AvgIpc) is 3.48. The molecule has 0 spiro atoms. The lowest BCUT2D eigenvalue weighted by atomic mass is 9.98. The third-order valence-corrected chi connectivity index (χ3v) is 5.04. The number of carbonyl (C=O) groups is 1. The average molecular weight is 495 g/mol. The molecule has 0 aliphatic carbocycles. The van der Waals surface area contributed by atoms with Crippen molar-refractivity contribution in [2.45, 2.75) is 25.3 Å². The van der Waals surface area contributed by atoms with Crippen LogP contribution in [-0.2, 0) is 12.4 Å². The van der Waals surface area contributed by atoms with Gasteiger partial charge in [0.2, 0.25) is 0 Å². The Morgan fingerprint density at radius 3 is 2.49 bits per heavy atom. The van der Waals surface area contributed by atoms with Crippen LogP contribution in [0.5, 0.6) is 0 Å². The first kappa shape index (κ1) is 23.9. The molecule has 3 aromatic heterocycles. The first-order valence-corrected chi connectivity index (χ1v) is 9.89. The monoisotopic (exact) mass is 495 g/mol. The van der Waals surface area contributed by atoms with Crippen molar-refractivity contribution in [2.75, 3.05) is 5.32 Å². The van der Waals surface area contributed by atoms with Gasteiger partial charge in [-0.15, -0.1) is 0 Å². The highest BCUT2D eigenvalue weighted by molar-refractivity contribution is 6.03. The molecular formula is C21H15F6N7O. The molecule has 1 atom stereocenters. The van der Waals surface area contributed by atoms with Crippen molar-refractivity contribution in [1.82, 2.24) is 29.9 Å². The lowest BCUT2D eigenvalue weighted by Gasteiger charge is -2.20. The van der Waals surface area contributed by atoms with Gasteiger partial charge >= 0.3 is 12.4 Å². The highest BCUT2D eigenvalue weighted by Gasteiger charge is 2.39. The van der Waals surface area contributed by atoms with Crippen molar-refractivity contribution in [3.8, 4) is 11.4 Å². The Morgan fingerprint density at radius 2 is 1.83 bits per heavy atom. The minimum absolute atomic E-state index is 0.00792. The predicted octanol–water partition coefficient (Wildman–Crippen LogP) is 4.96. The summed E-state index contributed by atoms with van der Waals surface area (Å²) in [7, 11) is 0. The smallest absolute Gasteiger partial charge is 0.318 e. The molecule has 4 aromatic rings. The van der Waals surface area contributed by atoms with Crippen molar-refractivity contribution in [3.05, 3.63) is 77.6 Å². The quantitative estimate of drug-likeness (QED) is 0.381. The van der Waals surface area contributed by atoms with Crippen molar-refractivity contribution in [3.63, 3.8) is 0 Å². The second-order valence-corrected chi connectivity index (χ2v) is 7.39. The summed E-state index contributed by atoms with van der Waals surface area (Å²) in [5.41, 5.74) is -2.19. The van der Waals surface area contributed by atoms with E-state index in [1.165, 1.54) is 44.0 Å². The number of amides is 1. The molecule has 0 unspecified atom stereocenters. The van der Waals surface area contributed by atoms with E-state index in [1.807, 2.05) is 0 Å². The number of H-pyrrole nitrogens is 1. The summed E-state index contributed by atoms with van der Waals surface area (Å²) in [6.45, 7) is 1.34. The first-order chi connectivity index (χ1) is 16.4. The second-order valence-electron chi connectivity index (χ2n) is 7.39. The van der Waals surface area contributed by atoms with Gasteiger partial charge in [-0.1, -0.05) is 6.07 Å². The van der Waals surface area contributed by atoms with Gasteiger partial charge in [-0.2, -0.15) is 36.5 Å². The number of halogens is 6. The molecule has 0 saturated carbocycles. The van der Waals surface area contributed by atoms with Crippen LogP contribution in [0.3, 0.4) is 0 Å². The van der Waals surface area contributed by atoms with E-state index in [0.717, 1.165) is 10.7 Å².